The van der Waals surface area contributed by atoms with Gasteiger partial charge >= 0.3 is 0 Å². The SMILES string of the molecule is COc1cc(C)cc(CNC(=O)CCl)c1. The highest BCUT2D eigenvalue weighted by Crippen LogP contribution is 2.16. The van der Waals surface area contributed by atoms with Crippen molar-refractivity contribution in [1.29, 1.82) is 0 Å². The molecule has 1 aromatic rings. The Balaban J connectivity index is 2.68. The molecule has 0 aromatic heterocycles. The summed E-state index contributed by atoms with van der Waals surface area (Å²) in [6.45, 7) is 2.46. The highest BCUT2D eigenvalue weighted by atomic mass is 35.5. The van der Waals surface area contributed by atoms with E-state index in [1.807, 2.05) is 25.1 Å². The van der Waals surface area contributed by atoms with E-state index in [2.05, 4.69) is 5.32 Å². The molecule has 3 nitrogen and oxygen atoms in total. The molecule has 15 heavy (non-hydrogen) atoms. The average Bonchev–Trinajstić information content (AvgIpc) is 2.25. The normalized spacial score (nSPS) is 9.80. The summed E-state index contributed by atoms with van der Waals surface area (Å²) in [6, 6.07) is 5.82. The van der Waals surface area contributed by atoms with Crippen LogP contribution in [0.3, 0.4) is 0 Å². The third-order valence-corrected chi connectivity index (χ3v) is 2.20. The molecule has 1 amide bonds. The maximum absolute atomic E-state index is 11.0. The van der Waals surface area contributed by atoms with E-state index in [4.69, 9.17) is 16.3 Å². The van der Waals surface area contributed by atoms with Crippen LogP contribution in [-0.2, 0) is 11.3 Å². The van der Waals surface area contributed by atoms with Crippen molar-refractivity contribution in [1.82, 2.24) is 5.32 Å². The number of amides is 1. The number of carbonyl (C=O) groups is 1. The molecule has 0 unspecified atom stereocenters. The number of benzene rings is 1. The molecule has 0 saturated carbocycles. The predicted molar refractivity (Wildman–Crippen MR) is 60.3 cm³/mol. The van der Waals surface area contributed by atoms with Gasteiger partial charge in [-0.1, -0.05) is 6.07 Å². The summed E-state index contributed by atoms with van der Waals surface area (Å²) in [5, 5.41) is 2.70. The largest absolute Gasteiger partial charge is 0.497 e. The van der Waals surface area contributed by atoms with Gasteiger partial charge in [-0.05, 0) is 30.2 Å². The van der Waals surface area contributed by atoms with Crippen LogP contribution in [-0.4, -0.2) is 18.9 Å². The first kappa shape index (κ1) is 11.9. The first-order valence-electron chi connectivity index (χ1n) is 4.63. The fourth-order valence-corrected chi connectivity index (χ4v) is 1.39. The number of aryl methyl sites for hydroxylation is 1. The van der Waals surface area contributed by atoms with E-state index in [0.29, 0.717) is 6.54 Å². The molecule has 1 aromatic carbocycles. The molecule has 0 fully saturated rings. The van der Waals surface area contributed by atoms with Crippen molar-refractivity contribution in [2.24, 2.45) is 0 Å². The minimum Gasteiger partial charge on any atom is -0.497 e. The van der Waals surface area contributed by atoms with Gasteiger partial charge in [-0.15, -0.1) is 11.6 Å². The lowest BCUT2D eigenvalue weighted by molar-refractivity contribution is -0.118. The molecule has 0 aliphatic heterocycles. The first-order chi connectivity index (χ1) is 7.15. The summed E-state index contributed by atoms with van der Waals surface area (Å²) < 4.78 is 5.13. The molecule has 0 aliphatic rings. The van der Waals surface area contributed by atoms with Gasteiger partial charge in [0.05, 0.1) is 7.11 Å². The van der Waals surface area contributed by atoms with Crippen LogP contribution in [0.25, 0.3) is 0 Å². The van der Waals surface area contributed by atoms with Gasteiger partial charge in [0, 0.05) is 6.54 Å². The Kier molecular flexibility index (Phi) is 4.43. The van der Waals surface area contributed by atoms with Crippen LogP contribution in [0.4, 0.5) is 0 Å². The van der Waals surface area contributed by atoms with Crippen molar-refractivity contribution >= 4 is 17.5 Å². The fourth-order valence-electron chi connectivity index (χ4n) is 1.29. The van der Waals surface area contributed by atoms with Crippen LogP contribution >= 0.6 is 11.6 Å². The van der Waals surface area contributed by atoms with Gasteiger partial charge in [0.15, 0.2) is 0 Å². The van der Waals surface area contributed by atoms with Crippen LogP contribution < -0.4 is 10.1 Å². The van der Waals surface area contributed by atoms with Gasteiger partial charge < -0.3 is 10.1 Å². The monoisotopic (exact) mass is 227 g/mol. The van der Waals surface area contributed by atoms with Crippen molar-refractivity contribution < 1.29 is 9.53 Å². The topological polar surface area (TPSA) is 38.3 Å². The Bertz CT molecular complexity index is 352. The summed E-state index contributed by atoms with van der Waals surface area (Å²) in [5.74, 6) is 0.616. The average molecular weight is 228 g/mol. The van der Waals surface area contributed by atoms with Crippen molar-refractivity contribution in [3.63, 3.8) is 0 Å². The Morgan fingerprint density at radius 3 is 2.80 bits per heavy atom. The van der Waals surface area contributed by atoms with Gasteiger partial charge in [0.1, 0.15) is 11.6 Å². The molecule has 0 saturated heterocycles. The van der Waals surface area contributed by atoms with Crippen molar-refractivity contribution in [2.75, 3.05) is 13.0 Å². The number of rotatable bonds is 4. The van der Waals surface area contributed by atoms with Crippen LogP contribution in [0, 0.1) is 6.92 Å². The number of ether oxygens (including phenoxy) is 1. The summed E-state index contributed by atoms with van der Waals surface area (Å²) >= 11 is 5.37. The van der Waals surface area contributed by atoms with Crippen molar-refractivity contribution in [2.45, 2.75) is 13.5 Å². The lowest BCUT2D eigenvalue weighted by Crippen LogP contribution is -2.23. The molecular formula is C11H14ClNO2. The molecule has 0 atom stereocenters. The number of methoxy groups -OCH3 is 1. The van der Waals surface area contributed by atoms with E-state index < -0.39 is 0 Å². The number of nitrogens with one attached hydrogen (secondary N) is 1. The number of hydrogen-bond acceptors (Lipinski definition) is 2. The van der Waals surface area contributed by atoms with Gasteiger partial charge in [-0.3, -0.25) is 4.79 Å². The second-order valence-corrected chi connectivity index (χ2v) is 3.54. The van der Waals surface area contributed by atoms with E-state index in [1.54, 1.807) is 7.11 Å². The second kappa shape index (κ2) is 5.61. The molecule has 0 heterocycles. The highest BCUT2D eigenvalue weighted by molar-refractivity contribution is 6.27. The van der Waals surface area contributed by atoms with E-state index in [1.165, 1.54) is 0 Å². The van der Waals surface area contributed by atoms with Crippen LogP contribution in [0.5, 0.6) is 5.75 Å². The number of alkyl halides is 1. The molecule has 0 radical (unpaired) electrons. The predicted octanol–water partition coefficient (Wildman–Crippen LogP) is 1.86. The standard InChI is InChI=1S/C11H14ClNO2/c1-8-3-9(5-10(4-8)15-2)7-13-11(14)6-12/h3-5H,6-7H2,1-2H3,(H,13,14). The lowest BCUT2D eigenvalue weighted by atomic mass is 10.1. The third kappa shape index (κ3) is 3.80. The summed E-state index contributed by atoms with van der Waals surface area (Å²) in [7, 11) is 1.62. The summed E-state index contributed by atoms with van der Waals surface area (Å²) in [5.41, 5.74) is 2.11. The molecule has 0 bridgehead atoms. The van der Waals surface area contributed by atoms with E-state index in [0.717, 1.165) is 16.9 Å². The number of hydrogen-bond donors (Lipinski definition) is 1. The van der Waals surface area contributed by atoms with Crippen LogP contribution in [0.2, 0.25) is 0 Å². The van der Waals surface area contributed by atoms with Crippen molar-refractivity contribution in [3.05, 3.63) is 29.3 Å². The zero-order valence-electron chi connectivity index (χ0n) is 8.84. The van der Waals surface area contributed by atoms with E-state index >= 15 is 0 Å². The van der Waals surface area contributed by atoms with Crippen LogP contribution in [0.1, 0.15) is 11.1 Å². The maximum Gasteiger partial charge on any atom is 0.235 e. The Morgan fingerprint density at radius 2 is 2.20 bits per heavy atom. The lowest BCUT2D eigenvalue weighted by Gasteiger charge is -2.07. The molecular weight excluding hydrogens is 214 g/mol. The third-order valence-electron chi connectivity index (χ3n) is 1.96. The molecule has 82 valence electrons. The zero-order chi connectivity index (χ0) is 11.3. The molecule has 1 N–H and O–H groups in total. The van der Waals surface area contributed by atoms with Gasteiger partial charge in [-0.25, -0.2) is 0 Å². The molecule has 4 heteroatoms. The highest BCUT2D eigenvalue weighted by Gasteiger charge is 2.01. The molecule has 1 rings (SSSR count). The zero-order valence-corrected chi connectivity index (χ0v) is 9.60. The summed E-state index contributed by atoms with van der Waals surface area (Å²) in [6.07, 6.45) is 0. The minimum absolute atomic E-state index is 0.0110. The quantitative estimate of drug-likeness (QED) is 0.798. The van der Waals surface area contributed by atoms with E-state index in [9.17, 15) is 4.79 Å². The number of halogens is 1. The summed E-state index contributed by atoms with van der Waals surface area (Å²) in [4.78, 5) is 11.0. The smallest absolute Gasteiger partial charge is 0.235 e. The fraction of sp³-hybridized carbons (Fsp3) is 0.364. The van der Waals surface area contributed by atoms with E-state index in [-0.39, 0.29) is 11.8 Å². The second-order valence-electron chi connectivity index (χ2n) is 3.27. The minimum atomic E-state index is -0.169. The molecule has 0 aliphatic carbocycles. The Hall–Kier alpha value is -1.22. The Labute approximate surface area is 94.4 Å². The van der Waals surface area contributed by atoms with Gasteiger partial charge in [0.25, 0.3) is 0 Å². The van der Waals surface area contributed by atoms with Crippen molar-refractivity contribution in [3.8, 4) is 5.75 Å². The van der Waals surface area contributed by atoms with Gasteiger partial charge in [0.2, 0.25) is 5.91 Å². The number of carbonyl (C=O) groups excluding carboxylic acids is 1. The Morgan fingerprint density at radius 1 is 1.47 bits per heavy atom. The first-order valence-corrected chi connectivity index (χ1v) is 5.16. The van der Waals surface area contributed by atoms with Gasteiger partial charge in [-0.2, -0.15) is 0 Å². The molecule has 0 spiro atoms. The maximum atomic E-state index is 11.0. The van der Waals surface area contributed by atoms with Crippen LogP contribution in [0.15, 0.2) is 18.2 Å².